The van der Waals surface area contributed by atoms with Crippen molar-refractivity contribution in [1.29, 1.82) is 0 Å². The van der Waals surface area contributed by atoms with Gasteiger partial charge in [-0.25, -0.2) is 10.1 Å². The zero-order chi connectivity index (χ0) is 12.3. The third-order valence-corrected chi connectivity index (χ3v) is 2.01. The summed E-state index contributed by atoms with van der Waals surface area (Å²) in [6.45, 7) is 4.86. The Morgan fingerprint density at radius 3 is 2.12 bits per heavy atom. The van der Waals surface area contributed by atoms with Crippen LogP contribution in [-0.4, -0.2) is 21.5 Å². The van der Waals surface area contributed by atoms with Crippen molar-refractivity contribution in [3.63, 3.8) is 0 Å². The molecule has 0 bridgehead atoms. The number of carbonyl (C=O) groups is 1. The van der Waals surface area contributed by atoms with Crippen LogP contribution in [0.2, 0.25) is 0 Å². The monoisotopic (exact) mass is 222 g/mol. The van der Waals surface area contributed by atoms with Gasteiger partial charge < -0.3 is 0 Å². The summed E-state index contributed by atoms with van der Waals surface area (Å²) >= 11 is 0. The van der Waals surface area contributed by atoms with Crippen LogP contribution in [0.15, 0.2) is 30.3 Å². The van der Waals surface area contributed by atoms with Gasteiger partial charge in [0.15, 0.2) is 5.03 Å². The van der Waals surface area contributed by atoms with Crippen LogP contribution in [0.1, 0.15) is 31.1 Å². The maximum atomic E-state index is 11.9. The van der Waals surface area contributed by atoms with Gasteiger partial charge >= 0.3 is 5.91 Å². The SMILES string of the molecule is CC(C)(C)N(C(=O)c1ccccc1)[N+](=O)[O-]. The molecule has 5 heteroatoms. The highest BCUT2D eigenvalue weighted by Crippen LogP contribution is 2.16. The molecule has 0 heterocycles. The van der Waals surface area contributed by atoms with E-state index in [1.807, 2.05) is 0 Å². The predicted octanol–water partition coefficient (Wildman–Crippen LogP) is 2.12. The lowest BCUT2D eigenvalue weighted by atomic mass is 10.1. The second-order valence-corrected chi connectivity index (χ2v) is 4.39. The van der Waals surface area contributed by atoms with Gasteiger partial charge in [0.05, 0.1) is 0 Å². The van der Waals surface area contributed by atoms with E-state index in [4.69, 9.17) is 0 Å². The summed E-state index contributed by atoms with van der Waals surface area (Å²) in [5.41, 5.74) is -0.537. The van der Waals surface area contributed by atoms with E-state index in [1.54, 1.807) is 51.1 Å². The predicted molar refractivity (Wildman–Crippen MR) is 59.4 cm³/mol. The van der Waals surface area contributed by atoms with Crippen LogP contribution >= 0.6 is 0 Å². The summed E-state index contributed by atoms with van der Waals surface area (Å²) in [6.07, 6.45) is 0. The van der Waals surface area contributed by atoms with Crippen molar-refractivity contribution < 1.29 is 9.83 Å². The van der Waals surface area contributed by atoms with E-state index in [-0.39, 0.29) is 0 Å². The Balaban J connectivity index is 3.07. The van der Waals surface area contributed by atoms with Gasteiger partial charge in [-0.3, -0.25) is 4.79 Å². The third-order valence-electron chi connectivity index (χ3n) is 2.01. The highest BCUT2D eigenvalue weighted by atomic mass is 16.7. The maximum absolute atomic E-state index is 11.9. The van der Waals surface area contributed by atoms with Gasteiger partial charge in [0.1, 0.15) is 5.54 Å². The number of hydrogen-bond acceptors (Lipinski definition) is 3. The second-order valence-electron chi connectivity index (χ2n) is 4.39. The molecular weight excluding hydrogens is 208 g/mol. The van der Waals surface area contributed by atoms with E-state index in [2.05, 4.69) is 0 Å². The standard InChI is InChI=1S/C11H14N2O3/c1-11(2,3)12(13(15)16)10(14)9-7-5-4-6-8-9/h4-8H,1-3H3. The molecule has 0 atom stereocenters. The zero-order valence-corrected chi connectivity index (χ0v) is 9.51. The van der Waals surface area contributed by atoms with Gasteiger partial charge in [0.25, 0.3) is 0 Å². The molecular formula is C11H14N2O3. The third kappa shape index (κ3) is 2.56. The van der Waals surface area contributed by atoms with E-state index < -0.39 is 16.5 Å². The Morgan fingerprint density at radius 1 is 1.25 bits per heavy atom. The van der Waals surface area contributed by atoms with Crippen LogP contribution in [0.25, 0.3) is 0 Å². The summed E-state index contributed by atoms with van der Waals surface area (Å²) in [4.78, 5) is 22.8. The fourth-order valence-electron chi connectivity index (χ4n) is 1.33. The first-order valence-electron chi connectivity index (χ1n) is 4.88. The number of hydrazine groups is 1. The van der Waals surface area contributed by atoms with E-state index >= 15 is 0 Å². The number of nitro groups is 1. The average Bonchev–Trinajstić information content (AvgIpc) is 2.16. The number of rotatable bonds is 2. The summed E-state index contributed by atoms with van der Waals surface area (Å²) in [7, 11) is 0. The molecule has 1 rings (SSSR count). The first kappa shape index (κ1) is 12.2. The van der Waals surface area contributed by atoms with E-state index in [0.29, 0.717) is 10.6 Å². The van der Waals surface area contributed by atoms with Crippen molar-refractivity contribution in [2.24, 2.45) is 0 Å². The molecule has 1 aromatic rings. The minimum Gasteiger partial charge on any atom is -0.263 e. The van der Waals surface area contributed by atoms with Crippen LogP contribution in [0.4, 0.5) is 0 Å². The quantitative estimate of drug-likeness (QED) is 0.568. The molecule has 86 valence electrons. The Kier molecular flexibility index (Phi) is 3.27. The summed E-state index contributed by atoms with van der Waals surface area (Å²) in [6, 6.07) is 8.22. The van der Waals surface area contributed by atoms with Crippen molar-refractivity contribution in [2.75, 3.05) is 0 Å². The van der Waals surface area contributed by atoms with Crippen molar-refractivity contribution in [1.82, 2.24) is 5.01 Å². The van der Waals surface area contributed by atoms with Crippen molar-refractivity contribution >= 4 is 5.91 Å². The largest absolute Gasteiger partial charge is 0.314 e. The summed E-state index contributed by atoms with van der Waals surface area (Å²) in [5.74, 6) is -0.599. The number of hydrogen-bond donors (Lipinski definition) is 0. The van der Waals surface area contributed by atoms with Gasteiger partial charge in [-0.2, -0.15) is 0 Å². The molecule has 0 aliphatic heterocycles. The first-order valence-corrected chi connectivity index (χ1v) is 4.88. The summed E-state index contributed by atoms with van der Waals surface area (Å²) in [5, 5.41) is 10.8. The molecule has 0 unspecified atom stereocenters. The fraction of sp³-hybridized carbons (Fsp3) is 0.364. The normalized spacial score (nSPS) is 10.9. The zero-order valence-electron chi connectivity index (χ0n) is 9.51. The van der Waals surface area contributed by atoms with E-state index in [0.717, 1.165) is 0 Å². The van der Waals surface area contributed by atoms with Gasteiger partial charge in [-0.1, -0.05) is 23.2 Å². The minimum absolute atomic E-state index is 0.314. The van der Waals surface area contributed by atoms with Gasteiger partial charge in [0.2, 0.25) is 0 Å². The first-order chi connectivity index (χ1) is 7.34. The Morgan fingerprint density at radius 2 is 1.75 bits per heavy atom. The van der Waals surface area contributed by atoms with Crippen LogP contribution in [0.3, 0.4) is 0 Å². The minimum atomic E-state index is -0.851. The molecule has 0 fully saturated rings. The lowest BCUT2D eigenvalue weighted by molar-refractivity contribution is -0.648. The highest BCUT2D eigenvalue weighted by Gasteiger charge is 2.37. The number of amides is 1. The molecule has 0 N–H and O–H groups in total. The Hall–Kier alpha value is -1.91. The molecule has 0 aliphatic carbocycles. The number of benzene rings is 1. The molecule has 1 aromatic carbocycles. The molecule has 0 aliphatic rings. The molecule has 5 nitrogen and oxygen atoms in total. The Labute approximate surface area is 93.8 Å². The molecule has 1 amide bonds. The van der Waals surface area contributed by atoms with Crippen LogP contribution < -0.4 is 0 Å². The van der Waals surface area contributed by atoms with Crippen LogP contribution in [0, 0.1) is 10.1 Å². The van der Waals surface area contributed by atoms with Gasteiger partial charge in [-0.15, -0.1) is 0 Å². The number of nitrogens with zero attached hydrogens (tertiary/aromatic N) is 2. The van der Waals surface area contributed by atoms with Crippen molar-refractivity contribution in [3.8, 4) is 0 Å². The van der Waals surface area contributed by atoms with Crippen molar-refractivity contribution in [3.05, 3.63) is 46.0 Å². The fourth-order valence-corrected chi connectivity index (χ4v) is 1.33. The van der Waals surface area contributed by atoms with Crippen molar-refractivity contribution in [2.45, 2.75) is 26.3 Å². The average molecular weight is 222 g/mol. The second kappa shape index (κ2) is 4.30. The Bertz CT molecular complexity index is 395. The molecule has 0 saturated carbocycles. The van der Waals surface area contributed by atoms with Gasteiger partial charge in [0, 0.05) is 5.56 Å². The lowest BCUT2D eigenvalue weighted by Crippen LogP contribution is -2.49. The van der Waals surface area contributed by atoms with Crippen LogP contribution in [-0.2, 0) is 0 Å². The molecule has 0 aromatic heterocycles. The van der Waals surface area contributed by atoms with E-state index in [1.165, 1.54) is 0 Å². The smallest absolute Gasteiger partial charge is 0.263 e. The highest BCUT2D eigenvalue weighted by molar-refractivity contribution is 5.93. The molecule has 16 heavy (non-hydrogen) atoms. The summed E-state index contributed by atoms with van der Waals surface area (Å²) < 4.78 is 0. The molecule has 0 saturated heterocycles. The lowest BCUT2D eigenvalue weighted by Gasteiger charge is -2.25. The maximum Gasteiger partial charge on any atom is 0.314 e. The molecule has 0 spiro atoms. The van der Waals surface area contributed by atoms with Crippen LogP contribution in [0.5, 0.6) is 0 Å². The molecule has 0 radical (unpaired) electrons. The van der Waals surface area contributed by atoms with E-state index in [9.17, 15) is 14.9 Å². The number of carbonyl (C=O) groups excluding carboxylic acids is 1. The van der Waals surface area contributed by atoms with Gasteiger partial charge in [-0.05, 0) is 32.9 Å². The topological polar surface area (TPSA) is 63.5 Å².